The number of benzene rings is 2. The van der Waals surface area contributed by atoms with Crippen molar-refractivity contribution in [3.63, 3.8) is 0 Å². The maximum atomic E-state index is 10.6. The lowest BCUT2D eigenvalue weighted by atomic mass is 10.3. The van der Waals surface area contributed by atoms with Gasteiger partial charge in [-0.1, -0.05) is 17.7 Å². The fourth-order valence-electron chi connectivity index (χ4n) is 1.42. The topological polar surface area (TPSA) is 61.6 Å². The number of amides is 1. The van der Waals surface area contributed by atoms with Gasteiger partial charge in [0.2, 0.25) is 0 Å². The van der Waals surface area contributed by atoms with Crippen molar-refractivity contribution in [1.82, 2.24) is 0 Å². The summed E-state index contributed by atoms with van der Waals surface area (Å²) in [5.41, 5.74) is 4.99. The first kappa shape index (κ1) is 13.2. The maximum absolute atomic E-state index is 10.6. The number of carbonyl (C=O) groups is 1. The van der Waals surface area contributed by atoms with Gasteiger partial charge in [0.1, 0.15) is 17.2 Å². The molecule has 2 N–H and O–H groups in total. The highest BCUT2D eigenvalue weighted by atomic mass is 35.5. The van der Waals surface area contributed by atoms with Crippen LogP contribution in [0.3, 0.4) is 0 Å². The number of hydrogen-bond acceptors (Lipinski definition) is 3. The molecule has 19 heavy (non-hydrogen) atoms. The van der Waals surface area contributed by atoms with Crippen LogP contribution in [0.1, 0.15) is 0 Å². The second kappa shape index (κ2) is 6.11. The second-order valence-electron chi connectivity index (χ2n) is 3.79. The number of primary amides is 1. The van der Waals surface area contributed by atoms with Crippen LogP contribution in [0, 0.1) is 0 Å². The molecule has 0 bridgehead atoms. The fourth-order valence-corrected chi connectivity index (χ4v) is 1.61. The standard InChI is InChI=1S/C14H12ClNO3/c15-10-2-1-3-13(8-10)19-12-6-4-11(5-7-12)18-9-14(16)17/h1-8H,9H2,(H2,16,17). The van der Waals surface area contributed by atoms with Gasteiger partial charge in [-0.2, -0.15) is 0 Å². The summed E-state index contributed by atoms with van der Waals surface area (Å²) in [5.74, 6) is 1.34. The number of nitrogens with two attached hydrogens (primary N) is 1. The summed E-state index contributed by atoms with van der Waals surface area (Å²) >= 11 is 5.86. The largest absolute Gasteiger partial charge is 0.484 e. The van der Waals surface area contributed by atoms with Crippen LogP contribution in [0.5, 0.6) is 17.2 Å². The van der Waals surface area contributed by atoms with E-state index in [0.29, 0.717) is 22.3 Å². The molecule has 0 atom stereocenters. The Labute approximate surface area is 115 Å². The molecule has 0 fully saturated rings. The quantitative estimate of drug-likeness (QED) is 0.914. The van der Waals surface area contributed by atoms with E-state index in [1.165, 1.54) is 0 Å². The van der Waals surface area contributed by atoms with Gasteiger partial charge in [-0.25, -0.2) is 0 Å². The number of halogens is 1. The van der Waals surface area contributed by atoms with Gasteiger partial charge in [0.25, 0.3) is 5.91 Å². The normalized spacial score (nSPS) is 9.95. The molecule has 0 saturated carbocycles. The Hall–Kier alpha value is -2.20. The first-order valence-electron chi connectivity index (χ1n) is 5.58. The van der Waals surface area contributed by atoms with Crippen LogP contribution in [-0.4, -0.2) is 12.5 Å². The number of ether oxygens (including phenoxy) is 2. The van der Waals surface area contributed by atoms with Crippen molar-refractivity contribution in [3.05, 3.63) is 53.6 Å². The van der Waals surface area contributed by atoms with Gasteiger partial charge in [-0.3, -0.25) is 4.79 Å². The van der Waals surface area contributed by atoms with Crippen molar-refractivity contribution in [2.24, 2.45) is 5.73 Å². The fraction of sp³-hybridized carbons (Fsp3) is 0.0714. The molecule has 0 radical (unpaired) electrons. The van der Waals surface area contributed by atoms with Crippen molar-refractivity contribution >= 4 is 17.5 Å². The van der Waals surface area contributed by atoms with E-state index in [1.54, 1.807) is 36.4 Å². The maximum Gasteiger partial charge on any atom is 0.255 e. The Morgan fingerprint density at radius 1 is 1.05 bits per heavy atom. The van der Waals surface area contributed by atoms with Crippen molar-refractivity contribution in [2.45, 2.75) is 0 Å². The minimum absolute atomic E-state index is 0.144. The molecule has 1 amide bonds. The van der Waals surface area contributed by atoms with Gasteiger partial charge < -0.3 is 15.2 Å². The highest BCUT2D eigenvalue weighted by Gasteiger charge is 2.00. The van der Waals surface area contributed by atoms with Crippen LogP contribution in [0.25, 0.3) is 0 Å². The molecule has 0 aliphatic carbocycles. The van der Waals surface area contributed by atoms with E-state index in [2.05, 4.69) is 0 Å². The van der Waals surface area contributed by atoms with Crippen LogP contribution in [0.2, 0.25) is 5.02 Å². The Bertz CT molecular complexity index is 569. The summed E-state index contributed by atoms with van der Waals surface area (Å²) in [6.07, 6.45) is 0. The van der Waals surface area contributed by atoms with E-state index in [-0.39, 0.29) is 6.61 Å². The highest BCUT2D eigenvalue weighted by Crippen LogP contribution is 2.25. The van der Waals surface area contributed by atoms with Gasteiger partial charge in [-0.05, 0) is 42.5 Å². The molecule has 0 unspecified atom stereocenters. The SMILES string of the molecule is NC(=O)COc1ccc(Oc2cccc(Cl)c2)cc1. The predicted octanol–water partition coefficient (Wildman–Crippen LogP) is 3.00. The van der Waals surface area contributed by atoms with E-state index >= 15 is 0 Å². The summed E-state index contributed by atoms with van der Waals surface area (Å²) in [7, 11) is 0. The summed E-state index contributed by atoms with van der Waals surface area (Å²) in [6, 6.07) is 14.0. The summed E-state index contributed by atoms with van der Waals surface area (Å²) < 4.78 is 10.7. The van der Waals surface area contributed by atoms with E-state index in [9.17, 15) is 4.79 Å². The molecule has 0 aliphatic heterocycles. The Morgan fingerprint density at radius 2 is 1.74 bits per heavy atom. The van der Waals surface area contributed by atoms with Crippen LogP contribution in [-0.2, 0) is 4.79 Å². The molecule has 0 spiro atoms. The Kier molecular flexibility index (Phi) is 4.26. The van der Waals surface area contributed by atoms with Crippen LogP contribution in [0.15, 0.2) is 48.5 Å². The molecule has 98 valence electrons. The van der Waals surface area contributed by atoms with Crippen molar-refractivity contribution in [3.8, 4) is 17.2 Å². The molecule has 2 aromatic carbocycles. The average molecular weight is 278 g/mol. The van der Waals surface area contributed by atoms with Gasteiger partial charge in [0, 0.05) is 5.02 Å². The lowest BCUT2D eigenvalue weighted by molar-refractivity contribution is -0.119. The summed E-state index contributed by atoms with van der Waals surface area (Å²) in [4.78, 5) is 10.6. The van der Waals surface area contributed by atoms with Crippen molar-refractivity contribution in [2.75, 3.05) is 6.61 Å². The van der Waals surface area contributed by atoms with Gasteiger partial charge in [0.15, 0.2) is 6.61 Å². The minimum Gasteiger partial charge on any atom is -0.484 e. The monoisotopic (exact) mass is 277 g/mol. The Balaban J connectivity index is 2.00. The molecule has 5 heteroatoms. The average Bonchev–Trinajstić information content (AvgIpc) is 2.38. The van der Waals surface area contributed by atoms with E-state index < -0.39 is 5.91 Å². The minimum atomic E-state index is -0.515. The molecule has 0 heterocycles. The summed E-state index contributed by atoms with van der Waals surface area (Å²) in [6.45, 7) is -0.144. The van der Waals surface area contributed by atoms with Gasteiger partial charge in [-0.15, -0.1) is 0 Å². The molecule has 0 saturated heterocycles. The third kappa shape index (κ3) is 4.19. The smallest absolute Gasteiger partial charge is 0.255 e. The van der Waals surface area contributed by atoms with Crippen molar-refractivity contribution < 1.29 is 14.3 Å². The molecule has 2 aromatic rings. The lowest BCUT2D eigenvalue weighted by Crippen LogP contribution is -2.19. The molecular formula is C14H12ClNO3. The highest BCUT2D eigenvalue weighted by molar-refractivity contribution is 6.30. The van der Waals surface area contributed by atoms with Crippen LogP contribution >= 0.6 is 11.6 Å². The van der Waals surface area contributed by atoms with E-state index in [4.69, 9.17) is 26.8 Å². The third-order valence-electron chi connectivity index (χ3n) is 2.24. The third-order valence-corrected chi connectivity index (χ3v) is 2.47. The predicted molar refractivity (Wildman–Crippen MR) is 72.7 cm³/mol. The summed E-state index contributed by atoms with van der Waals surface area (Å²) in [5, 5.41) is 0.610. The van der Waals surface area contributed by atoms with Gasteiger partial charge in [0.05, 0.1) is 0 Å². The zero-order valence-corrected chi connectivity index (χ0v) is 10.8. The number of hydrogen-bond donors (Lipinski definition) is 1. The van der Waals surface area contributed by atoms with Crippen molar-refractivity contribution in [1.29, 1.82) is 0 Å². The molecule has 0 aliphatic rings. The number of carbonyl (C=O) groups excluding carboxylic acids is 1. The van der Waals surface area contributed by atoms with Crippen LogP contribution in [0.4, 0.5) is 0 Å². The van der Waals surface area contributed by atoms with E-state index in [1.807, 2.05) is 12.1 Å². The van der Waals surface area contributed by atoms with E-state index in [0.717, 1.165) is 0 Å². The first-order chi connectivity index (χ1) is 9.13. The molecule has 4 nitrogen and oxygen atoms in total. The molecular weight excluding hydrogens is 266 g/mol. The molecule has 0 aromatic heterocycles. The number of rotatable bonds is 5. The van der Waals surface area contributed by atoms with Gasteiger partial charge >= 0.3 is 0 Å². The first-order valence-corrected chi connectivity index (χ1v) is 5.96. The van der Waals surface area contributed by atoms with Crippen LogP contribution < -0.4 is 15.2 Å². The molecule has 2 rings (SSSR count). The lowest BCUT2D eigenvalue weighted by Gasteiger charge is -2.07. The zero-order chi connectivity index (χ0) is 13.7. The second-order valence-corrected chi connectivity index (χ2v) is 4.22. The Morgan fingerprint density at radius 3 is 2.37 bits per heavy atom. The zero-order valence-electron chi connectivity index (χ0n) is 10.0.